The van der Waals surface area contributed by atoms with Gasteiger partial charge in [-0.1, -0.05) is 35.2 Å². The molecule has 1 atom stereocenters. The summed E-state index contributed by atoms with van der Waals surface area (Å²) in [6.45, 7) is 2.03. The molecule has 0 aromatic heterocycles. The zero-order valence-corrected chi connectivity index (χ0v) is 21.1. The van der Waals surface area contributed by atoms with E-state index in [4.69, 9.17) is 33.1 Å². The van der Waals surface area contributed by atoms with Gasteiger partial charge < -0.3 is 10.1 Å². The van der Waals surface area contributed by atoms with Crippen LogP contribution in [0.5, 0.6) is 5.75 Å². The number of rotatable bonds is 12. The van der Waals surface area contributed by atoms with Crippen molar-refractivity contribution in [3.05, 3.63) is 58.1 Å². The number of hydrogen-bond acceptors (Lipinski definition) is 6. The molecule has 0 unspecified atom stereocenters. The number of sulfonamides is 1. The molecule has 12 heteroatoms. The Morgan fingerprint density at radius 2 is 1.83 bits per heavy atom. The fourth-order valence-corrected chi connectivity index (χ4v) is 4.47. The molecule has 0 aliphatic rings. The Morgan fingerprint density at radius 3 is 2.46 bits per heavy atom. The molecule has 0 bridgehead atoms. The van der Waals surface area contributed by atoms with Crippen LogP contribution in [-0.2, 0) is 26.0 Å². The third kappa shape index (κ3) is 9.39. The Hall–Kier alpha value is -2.81. The third-order valence-corrected chi connectivity index (χ3v) is 6.91. The highest BCUT2D eigenvalue weighted by atomic mass is 35.5. The van der Waals surface area contributed by atoms with E-state index in [1.54, 1.807) is 25.1 Å². The van der Waals surface area contributed by atoms with Crippen LogP contribution in [0.15, 0.2) is 47.4 Å². The highest BCUT2D eigenvalue weighted by molar-refractivity contribution is 7.89. The van der Waals surface area contributed by atoms with Crippen LogP contribution in [0.4, 0.5) is 0 Å². The van der Waals surface area contributed by atoms with Gasteiger partial charge in [-0.15, -0.1) is 5.92 Å². The first-order valence-electron chi connectivity index (χ1n) is 10.5. The van der Waals surface area contributed by atoms with Crippen molar-refractivity contribution >= 4 is 45.0 Å². The maximum Gasteiger partial charge on any atom is 0.261 e. The summed E-state index contributed by atoms with van der Waals surface area (Å²) in [4.78, 5) is 24.1. The number of nitrogens with one attached hydrogen (secondary N) is 3. The highest BCUT2D eigenvalue weighted by Gasteiger charge is 2.25. The molecule has 0 spiro atoms. The molecule has 2 aromatic rings. The molecular weight excluding hydrogens is 517 g/mol. The van der Waals surface area contributed by atoms with E-state index in [9.17, 15) is 18.0 Å². The smallest absolute Gasteiger partial charge is 0.261 e. The van der Waals surface area contributed by atoms with E-state index in [2.05, 4.69) is 21.9 Å². The predicted octanol–water partition coefficient (Wildman–Crippen LogP) is 2.69. The Morgan fingerprint density at radius 1 is 1.11 bits per heavy atom. The van der Waals surface area contributed by atoms with Gasteiger partial charge in [0.25, 0.3) is 5.91 Å². The summed E-state index contributed by atoms with van der Waals surface area (Å²) >= 11 is 11.8. The van der Waals surface area contributed by atoms with Crippen LogP contribution in [0, 0.1) is 11.8 Å². The van der Waals surface area contributed by atoms with E-state index in [0.717, 1.165) is 0 Å². The van der Waals surface area contributed by atoms with E-state index < -0.39 is 22.0 Å². The minimum atomic E-state index is -4.07. The first-order chi connectivity index (χ1) is 16.7. The lowest BCUT2D eigenvalue weighted by Crippen LogP contribution is -2.46. The summed E-state index contributed by atoms with van der Waals surface area (Å²) in [5.41, 5.74) is 2.14. The molecule has 188 valence electrons. The van der Waals surface area contributed by atoms with Gasteiger partial charge in [-0.25, -0.2) is 13.9 Å². The average molecular weight is 542 g/mol. The fraction of sp³-hybridized carbons (Fsp3) is 0.304. The number of benzene rings is 2. The first kappa shape index (κ1) is 28.4. The van der Waals surface area contributed by atoms with Crippen molar-refractivity contribution in [1.82, 2.24) is 15.5 Å². The lowest BCUT2D eigenvalue weighted by atomic mass is 10.1. The van der Waals surface area contributed by atoms with Gasteiger partial charge in [-0.3, -0.25) is 14.8 Å². The van der Waals surface area contributed by atoms with Crippen molar-refractivity contribution in [2.45, 2.75) is 37.1 Å². The van der Waals surface area contributed by atoms with Gasteiger partial charge in [-0.05, 0) is 61.7 Å². The summed E-state index contributed by atoms with van der Waals surface area (Å²) < 4.78 is 33.0. The third-order valence-electron chi connectivity index (χ3n) is 4.69. The summed E-state index contributed by atoms with van der Waals surface area (Å²) in [5.74, 6) is 4.65. The molecule has 0 radical (unpaired) electrons. The molecule has 0 fully saturated rings. The maximum atomic E-state index is 12.7. The van der Waals surface area contributed by atoms with E-state index >= 15 is 0 Å². The van der Waals surface area contributed by atoms with Gasteiger partial charge >= 0.3 is 0 Å². The summed E-state index contributed by atoms with van der Waals surface area (Å²) in [5, 5.41) is 12.4. The van der Waals surface area contributed by atoms with Crippen molar-refractivity contribution in [2.24, 2.45) is 0 Å². The van der Waals surface area contributed by atoms with Crippen LogP contribution >= 0.6 is 23.2 Å². The van der Waals surface area contributed by atoms with Crippen molar-refractivity contribution in [1.29, 1.82) is 0 Å². The predicted molar refractivity (Wildman–Crippen MR) is 132 cm³/mol. The molecule has 2 rings (SSSR count). The SMILES string of the molecule is CC#CCOc1ccc(S(=O)(=O)N[C@H](CCCNC(=O)Cc2ccc(Cl)c(Cl)c2)C(=O)NO)cc1. The monoisotopic (exact) mass is 541 g/mol. The van der Waals surface area contributed by atoms with Gasteiger partial charge in [0.05, 0.1) is 21.4 Å². The second-order valence-electron chi connectivity index (χ2n) is 7.25. The Kier molecular flexibility index (Phi) is 11.3. The standard InChI is InChI=1S/C23H25Cl2N3O6S/c1-2-3-13-34-17-7-9-18(10-8-17)35(32,33)28-21(23(30)27-31)5-4-12-26-22(29)15-16-6-11-19(24)20(25)14-16/h6-11,14,21,28,31H,4-5,12-13,15H2,1H3,(H,26,29)(H,27,30)/t21-/m1/s1. The average Bonchev–Trinajstić information content (AvgIpc) is 2.83. The van der Waals surface area contributed by atoms with Gasteiger partial charge in [0, 0.05) is 6.54 Å². The molecule has 0 aliphatic carbocycles. The van der Waals surface area contributed by atoms with Crippen LogP contribution in [-0.4, -0.2) is 44.6 Å². The zero-order chi connectivity index (χ0) is 25.8. The van der Waals surface area contributed by atoms with Crippen LogP contribution in [0.1, 0.15) is 25.3 Å². The van der Waals surface area contributed by atoms with Crippen molar-refractivity contribution < 1.29 is 28.0 Å². The molecule has 0 heterocycles. The minimum Gasteiger partial charge on any atom is -0.481 e. The van der Waals surface area contributed by atoms with E-state index in [1.165, 1.54) is 29.7 Å². The summed E-state index contributed by atoms with van der Waals surface area (Å²) in [6.07, 6.45) is 0.364. The Bertz CT molecular complexity index is 1190. The number of carbonyl (C=O) groups excluding carboxylic acids is 2. The molecular formula is C23H25Cl2N3O6S. The van der Waals surface area contributed by atoms with Crippen LogP contribution in [0.25, 0.3) is 0 Å². The summed E-state index contributed by atoms with van der Waals surface area (Å²) in [7, 11) is -4.07. The fourth-order valence-electron chi connectivity index (χ4n) is 2.91. The quantitative estimate of drug-likeness (QED) is 0.141. The number of hydroxylamine groups is 1. The number of halogens is 2. The molecule has 0 saturated carbocycles. The molecule has 9 nitrogen and oxygen atoms in total. The molecule has 35 heavy (non-hydrogen) atoms. The number of hydrogen-bond donors (Lipinski definition) is 4. The molecule has 0 aliphatic heterocycles. The zero-order valence-electron chi connectivity index (χ0n) is 18.8. The maximum absolute atomic E-state index is 12.7. The lowest BCUT2D eigenvalue weighted by molar-refractivity contribution is -0.131. The second-order valence-corrected chi connectivity index (χ2v) is 9.78. The molecule has 2 amide bonds. The number of amides is 2. The first-order valence-corrected chi connectivity index (χ1v) is 12.7. The van der Waals surface area contributed by atoms with Crippen LogP contribution < -0.4 is 20.3 Å². The van der Waals surface area contributed by atoms with Gasteiger partial charge in [0.15, 0.2) is 0 Å². The molecule has 4 N–H and O–H groups in total. The topological polar surface area (TPSA) is 134 Å². The Balaban J connectivity index is 1.90. The van der Waals surface area contributed by atoms with Gasteiger partial charge in [0.1, 0.15) is 18.4 Å². The van der Waals surface area contributed by atoms with Gasteiger partial charge in [0.2, 0.25) is 15.9 Å². The summed E-state index contributed by atoms with van der Waals surface area (Å²) in [6, 6.07) is 9.21. The van der Waals surface area contributed by atoms with E-state index in [-0.39, 0.29) is 43.2 Å². The van der Waals surface area contributed by atoms with Gasteiger partial charge in [-0.2, -0.15) is 4.72 Å². The van der Waals surface area contributed by atoms with E-state index in [1.807, 2.05) is 0 Å². The lowest BCUT2D eigenvalue weighted by Gasteiger charge is -2.17. The van der Waals surface area contributed by atoms with E-state index in [0.29, 0.717) is 21.4 Å². The van der Waals surface area contributed by atoms with Crippen molar-refractivity contribution in [3.63, 3.8) is 0 Å². The minimum absolute atomic E-state index is 0.0234. The second kappa shape index (κ2) is 13.9. The van der Waals surface area contributed by atoms with Crippen molar-refractivity contribution in [2.75, 3.05) is 13.2 Å². The normalized spacial score (nSPS) is 11.7. The molecule has 2 aromatic carbocycles. The Labute approximate surface area is 214 Å². The largest absolute Gasteiger partial charge is 0.481 e. The van der Waals surface area contributed by atoms with Crippen molar-refractivity contribution in [3.8, 4) is 17.6 Å². The number of ether oxygens (including phenoxy) is 1. The van der Waals surface area contributed by atoms with Crippen LogP contribution in [0.2, 0.25) is 10.0 Å². The highest BCUT2D eigenvalue weighted by Crippen LogP contribution is 2.22. The molecule has 0 saturated heterocycles. The number of carbonyl (C=O) groups is 2. The van der Waals surface area contributed by atoms with Crippen LogP contribution in [0.3, 0.4) is 0 Å².